The van der Waals surface area contributed by atoms with Crippen molar-refractivity contribution in [1.29, 1.82) is 0 Å². The SMILES string of the molecule is CN(C)c1cccc(Oc2nnnn2[C@H]2CO[C@H]3[C@@H]2OC[C@@H]3NS(=O)(=O)c2ccc3ccccc3c2)c1. The zero-order chi connectivity index (χ0) is 25.6. The van der Waals surface area contributed by atoms with E-state index in [0.717, 1.165) is 16.5 Å². The highest BCUT2D eigenvalue weighted by molar-refractivity contribution is 7.89. The van der Waals surface area contributed by atoms with Crippen molar-refractivity contribution >= 4 is 26.5 Å². The largest absolute Gasteiger partial charge is 0.423 e. The Hall–Kier alpha value is -3.58. The predicted molar refractivity (Wildman–Crippen MR) is 135 cm³/mol. The summed E-state index contributed by atoms with van der Waals surface area (Å²) in [4.78, 5) is 2.16. The standard InChI is InChI=1S/C25H26N6O5S/c1-30(2)18-8-5-9-19(13-18)36-25-26-28-29-31(25)22-15-35-23-21(14-34-24(22)23)27-37(32,33)20-11-10-16-6-3-4-7-17(16)12-20/h3-13,21-24,27H,14-15H2,1-2H3/t21-,22-,23+,24+/m0/s1. The molecule has 6 rings (SSSR count). The van der Waals surface area contributed by atoms with Gasteiger partial charge in [0, 0.05) is 25.8 Å². The average Bonchev–Trinajstić information content (AvgIpc) is 3.62. The van der Waals surface area contributed by atoms with Crippen LogP contribution in [0.5, 0.6) is 11.8 Å². The van der Waals surface area contributed by atoms with Gasteiger partial charge >= 0.3 is 6.01 Å². The van der Waals surface area contributed by atoms with E-state index in [0.29, 0.717) is 5.75 Å². The monoisotopic (exact) mass is 522 g/mol. The summed E-state index contributed by atoms with van der Waals surface area (Å²) in [6, 6.07) is 19.5. The van der Waals surface area contributed by atoms with Crippen LogP contribution < -0.4 is 14.4 Å². The number of aromatic nitrogens is 4. The molecule has 4 atom stereocenters. The number of nitrogens with one attached hydrogen (secondary N) is 1. The molecule has 11 nitrogen and oxygen atoms in total. The Morgan fingerprint density at radius 3 is 2.62 bits per heavy atom. The van der Waals surface area contributed by atoms with E-state index in [1.165, 1.54) is 4.68 Å². The van der Waals surface area contributed by atoms with Gasteiger partial charge in [0.05, 0.1) is 24.2 Å². The summed E-state index contributed by atoms with van der Waals surface area (Å²) < 4.78 is 48.7. The molecule has 37 heavy (non-hydrogen) atoms. The maximum absolute atomic E-state index is 13.2. The Kier molecular flexibility index (Phi) is 6.03. The Morgan fingerprint density at radius 1 is 0.973 bits per heavy atom. The first-order valence-electron chi connectivity index (χ1n) is 11.9. The lowest BCUT2D eigenvalue weighted by molar-refractivity contribution is 0.0615. The number of anilines is 1. The number of ether oxygens (including phenoxy) is 3. The number of fused-ring (bicyclic) bond motifs is 2. The number of tetrazole rings is 1. The van der Waals surface area contributed by atoms with Crippen LogP contribution in [0.15, 0.2) is 71.6 Å². The summed E-state index contributed by atoms with van der Waals surface area (Å²) in [6.07, 6.45) is -0.933. The Labute approximate surface area is 214 Å². The van der Waals surface area contributed by atoms with E-state index in [9.17, 15) is 8.42 Å². The molecule has 2 aliphatic heterocycles. The van der Waals surface area contributed by atoms with Crippen molar-refractivity contribution in [2.75, 3.05) is 32.2 Å². The van der Waals surface area contributed by atoms with Crippen LogP contribution in [0.4, 0.5) is 5.69 Å². The minimum Gasteiger partial charge on any atom is -0.423 e. The molecule has 0 unspecified atom stereocenters. The fourth-order valence-electron chi connectivity index (χ4n) is 4.78. The van der Waals surface area contributed by atoms with Crippen LogP contribution in [-0.2, 0) is 19.5 Å². The van der Waals surface area contributed by atoms with Gasteiger partial charge in [0.1, 0.15) is 24.0 Å². The molecule has 3 aromatic carbocycles. The Balaban J connectivity index is 1.18. The molecule has 0 amide bonds. The van der Waals surface area contributed by atoms with Crippen molar-refractivity contribution in [3.05, 3.63) is 66.7 Å². The van der Waals surface area contributed by atoms with Crippen molar-refractivity contribution in [1.82, 2.24) is 24.9 Å². The minimum atomic E-state index is -3.79. The van der Waals surface area contributed by atoms with Crippen LogP contribution in [0.2, 0.25) is 0 Å². The molecule has 0 radical (unpaired) electrons. The van der Waals surface area contributed by atoms with E-state index in [-0.39, 0.29) is 30.2 Å². The van der Waals surface area contributed by atoms with Crippen molar-refractivity contribution in [2.24, 2.45) is 0 Å². The van der Waals surface area contributed by atoms with Gasteiger partial charge in [-0.15, -0.1) is 0 Å². The normalized spacial score (nSPS) is 23.3. The summed E-state index contributed by atoms with van der Waals surface area (Å²) >= 11 is 0. The first kappa shape index (κ1) is 23.8. The molecule has 0 bridgehead atoms. The van der Waals surface area contributed by atoms with E-state index in [1.807, 2.05) is 67.5 Å². The third-order valence-electron chi connectivity index (χ3n) is 6.68. The van der Waals surface area contributed by atoms with Crippen LogP contribution in [-0.4, -0.2) is 74.2 Å². The second kappa shape index (κ2) is 9.38. The molecule has 4 aromatic rings. The molecule has 12 heteroatoms. The third kappa shape index (κ3) is 4.53. The summed E-state index contributed by atoms with van der Waals surface area (Å²) in [6.45, 7) is 0.421. The first-order chi connectivity index (χ1) is 17.9. The molecule has 1 N–H and O–H groups in total. The summed E-state index contributed by atoms with van der Waals surface area (Å²) in [5.41, 5.74) is 0.974. The number of nitrogens with zero attached hydrogens (tertiary/aromatic N) is 5. The topological polar surface area (TPSA) is 121 Å². The van der Waals surface area contributed by atoms with Crippen LogP contribution in [0.3, 0.4) is 0 Å². The molecular weight excluding hydrogens is 496 g/mol. The van der Waals surface area contributed by atoms with Crippen molar-refractivity contribution in [3.63, 3.8) is 0 Å². The van der Waals surface area contributed by atoms with Crippen LogP contribution >= 0.6 is 0 Å². The van der Waals surface area contributed by atoms with E-state index in [1.54, 1.807) is 18.2 Å². The van der Waals surface area contributed by atoms with E-state index < -0.39 is 28.3 Å². The van der Waals surface area contributed by atoms with E-state index in [4.69, 9.17) is 14.2 Å². The van der Waals surface area contributed by atoms with Gasteiger partial charge in [-0.25, -0.2) is 13.1 Å². The van der Waals surface area contributed by atoms with Crippen LogP contribution in [0.25, 0.3) is 10.8 Å². The molecule has 2 fully saturated rings. The lowest BCUT2D eigenvalue weighted by atomic mass is 10.1. The van der Waals surface area contributed by atoms with Crippen molar-refractivity contribution in [3.8, 4) is 11.8 Å². The number of hydrogen-bond donors (Lipinski definition) is 1. The third-order valence-corrected chi connectivity index (χ3v) is 8.17. The predicted octanol–water partition coefficient (Wildman–Crippen LogP) is 2.37. The molecule has 2 aliphatic rings. The molecule has 2 saturated heterocycles. The maximum Gasteiger partial charge on any atom is 0.341 e. The first-order valence-corrected chi connectivity index (χ1v) is 13.3. The van der Waals surface area contributed by atoms with Gasteiger partial charge in [-0.1, -0.05) is 41.5 Å². The second-order valence-corrected chi connectivity index (χ2v) is 11.0. The van der Waals surface area contributed by atoms with Gasteiger partial charge in [0.2, 0.25) is 10.0 Å². The highest BCUT2D eigenvalue weighted by Crippen LogP contribution is 2.36. The molecular formula is C25H26N6O5S. The van der Waals surface area contributed by atoms with Gasteiger partial charge in [0.25, 0.3) is 0 Å². The van der Waals surface area contributed by atoms with Crippen LogP contribution in [0, 0.1) is 0 Å². The fourth-order valence-corrected chi connectivity index (χ4v) is 6.05. The number of sulfonamides is 1. The number of benzene rings is 3. The zero-order valence-corrected chi connectivity index (χ0v) is 21.1. The quantitative estimate of drug-likeness (QED) is 0.390. The van der Waals surface area contributed by atoms with Gasteiger partial charge in [-0.3, -0.25) is 0 Å². The van der Waals surface area contributed by atoms with Crippen molar-refractivity contribution in [2.45, 2.75) is 29.2 Å². The van der Waals surface area contributed by atoms with Gasteiger partial charge in [-0.05, 0) is 45.5 Å². The average molecular weight is 523 g/mol. The number of hydrogen-bond acceptors (Lipinski definition) is 9. The molecule has 192 valence electrons. The summed E-state index contributed by atoms with van der Waals surface area (Å²) in [5.74, 6) is 0.589. The lowest BCUT2D eigenvalue weighted by Gasteiger charge is -2.18. The minimum absolute atomic E-state index is 0.168. The van der Waals surface area contributed by atoms with Crippen molar-refractivity contribution < 1.29 is 22.6 Å². The lowest BCUT2D eigenvalue weighted by Crippen LogP contribution is -2.44. The number of rotatable bonds is 7. The fraction of sp³-hybridized carbons (Fsp3) is 0.320. The van der Waals surface area contributed by atoms with Gasteiger partial charge in [0.15, 0.2) is 0 Å². The summed E-state index contributed by atoms with van der Waals surface area (Å²) in [7, 11) is 0.100. The van der Waals surface area contributed by atoms with Gasteiger partial charge in [-0.2, -0.15) is 4.68 Å². The second-order valence-electron chi connectivity index (χ2n) is 9.30. The summed E-state index contributed by atoms with van der Waals surface area (Å²) in [5, 5.41) is 13.7. The maximum atomic E-state index is 13.2. The smallest absolute Gasteiger partial charge is 0.341 e. The van der Waals surface area contributed by atoms with Gasteiger partial charge < -0.3 is 19.1 Å². The molecule has 0 saturated carbocycles. The van der Waals surface area contributed by atoms with Crippen LogP contribution in [0.1, 0.15) is 6.04 Å². The molecule has 3 heterocycles. The van der Waals surface area contributed by atoms with E-state index in [2.05, 4.69) is 20.2 Å². The molecule has 0 spiro atoms. The molecule has 1 aromatic heterocycles. The highest BCUT2D eigenvalue weighted by atomic mass is 32.2. The zero-order valence-electron chi connectivity index (χ0n) is 20.3. The molecule has 0 aliphatic carbocycles. The Bertz CT molecular complexity index is 1540. The Morgan fingerprint density at radius 2 is 1.78 bits per heavy atom. The highest BCUT2D eigenvalue weighted by Gasteiger charge is 2.50. The van der Waals surface area contributed by atoms with E-state index >= 15 is 0 Å².